The summed E-state index contributed by atoms with van der Waals surface area (Å²) in [6.45, 7) is 2.17. The van der Waals surface area contributed by atoms with E-state index in [4.69, 9.17) is 27.9 Å². The first kappa shape index (κ1) is 22.4. The number of fused-ring (bicyclic) bond motifs is 1. The van der Waals surface area contributed by atoms with Crippen molar-refractivity contribution in [3.63, 3.8) is 0 Å². The van der Waals surface area contributed by atoms with Crippen LogP contribution in [0.25, 0.3) is 0 Å². The standard InChI is InChI=1S/C25H30Cl2N2O2/c1-29-11-10-25(18-4-3-5-21(14-18)31-2)15-20(8-7-19(25)16-29)28-24(30)13-17-6-9-22(26)23(27)12-17/h3-6,9,12,14,19-20H,7-8,10-11,13,15-16H2,1-2H3,(H,28,30)/t19-,20+,25+/m1/s1. The van der Waals surface area contributed by atoms with E-state index in [9.17, 15) is 4.79 Å². The van der Waals surface area contributed by atoms with Crippen molar-refractivity contribution in [2.45, 2.75) is 43.6 Å². The first-order chi connectivity index (χ1) is 14.9. The Labute approximate surface area is 194 Å². The summed E-state index contributed by atoms with van der Waals surface area (Å²) in [5.74, 6) is 1.52. The molecule has 4 rings (SSSR count). The second-order valence-electron chi connectivity index (χ2n) is 9.07. The molecule has 2 fully saturated rings. The van der Waals surface area contributed by atoms with Crippen LogP contribution >= 0.6 is 23.2 Å². The van der Waals surface area contributed by atoms with E-state index in [0.29, 0.717) is 22.4 Å². The van der Waals surface area contributed by atoms with Gasteiger partial charge in [0.2, 0.25) is 5.91 Å². The Balaban J connectivity index is 1.51. The zero-order valence-corrected chi connectivity index (χ0v) is 19.7. The fourth-order valence-corrected chi connectivity index (χ4v) is 5.81. The van der Waals surface area contributed by atoms with Crippen molar-refractivity contribution in [2.75, 3.05) is 27.2 Å². The molecule has 0 aromatic heterocycles. The molecular formula is C25H30Cl2N2O2. The van der Waals surface area contributed by atoms with Crippen molar-refractivity contribution in [1.82, 2.24) is 10.2 Å². The Morgan fingerprint density at radius 2 is 2.03 bits per heavy atom. The third kappa shape index (κ3) is 4.87. The maximum Gasteiger partial charge on any atom is 0.224 e. The summed E-state index contributed by atoms with van der Waals surface area (Å²) in [6.07, 6.45) is 4.49. The van der Waals surface area contributed by atoms with Gasteiger partial charge in [-0.2, -0.15) is 0 Å². The van der Waals surface area contributed by atoms with E-state index in [0.717, 1.165) is 50.1 Å². The molecule has 31 heavy (non-hydrogen) atoms. The molecule has 1 N–H and O–H groups in total. The van der Waals surface area contributed by atoms with Gasteiger partial charge in [0.1, 0.15) is 5.75 Å². The number of piperidine rings is 1. The average Bonchev–Trinajstić information content (AvgIpc) is 2.76. The lowest BCUT2D eigenvalue weighted by Gasteiger charge is -2.52. The molecule has 0 spiro atoms. The maximum atomic E-state index is 12.8. The molecular weight excluding hydrogens is 431 g/mol. The molecule has 1 aliphatic carbocycles. The van der Waals surface area contributed by atoms with Crippen molar-refractivity contribution in [3.8, 4) is 5.75 Å². The number of carbonyl (C=O) groups excluding carboxylic acids is 1. The lowest BCUT2D eigenvalue weighted by atomic mass is 9.58. The lowest BCUT2D eigenvalue weighted by molar-refractivity contribution is -0.121. The van der Waals surface area contributed by atoms with Crippen LogP contribution in [0.1, 0.15) is 36.8 Å². The molecule has 0 bridgehead atoms. The van der Waals surface area contributed by atoms with Crippen LogP contribution in [0.15, 0.2) is 42.5 Å². The number of benzene rings is 2. The number of likely N-dealkylation sites (tertiary alicyclic amines) is 1. The molecule has 0 unspecified atom stereocenters. The maximum absolute atomic E-state index is 12.8. The minimum atomic E-state index is 0.0376. The SMILES string of the molecule is COc1cccc([C@@]23CCN(C)C[C@H]2CC[C@H](NC(=O)Cc2ccc(Cl)c(Cl)c2)C3)c1. The molecule has 1 amide bonds. The summed E-state index contributed by atoms with van der Waals surface area (Å²) in [4.78, 5) is 15.3. The van der Waals surface area contributed by atoms with E-state index >= 15 is 0 Å². The number of nitrogens with one attached hydrogen (secondary N) is 1. The molecule has 0 radical (unpaired) electrons. The van der Waals surface area contributed by atoms with Crippen LogP contribution in [0.3, 0.4) is 0 Å². The van der Waals surface area contributed by atoms with E-state index in [1.54, 1.807) is 19.2 Å². The van der Waals surface area contributed by atoms with Crippen LogP contribution in [0.5, 0.6) is 5.75 Å². The van der Waals surface area contributed by atoms with Crippen LogP contribution in [0, 0.1) is 5.92 Å². The number of nitrogens with zero attached hydrogens (tertiary/aromatic N) is 1. The van der Waals surface area contributed by atoms with Crippen LogP contribution in [0.4, 0.5) is 0 Å². The second kappa shape index (κ2) is 9.40. The molecule has 2 aromatic rings. The molecule has 4 nitrogen and oxygen atoms in total. The van der Waals surface area contributed by atoms with Gasteiger partial charge in [0.05, 0.1) is 23.6 Å². The third-order valence-corrected chi connectivity index (χ3v) is 7.82. The summed E-state index contributed by atoms with van der Waals surface area (Å²) in [5, 5.41) is 4.30. The molecule has 1 saturated heterocycles. The molecule has 1 saturated carbocycles. The number of methoxy groups -OCH3 is 1. The Hall–Kier alpha value is -1.75. The second-order valence-corrected chi connectivity index (χ2v) is 9.88. The normalized spacial score (nSPS) is 26.2. The fourth-order valence-electron chi connectivity index (χ4n) is 5.48. The van der Waals surface area contributed by atoms with Crippen LogP contribution < -0.4 is 10.1 Å². The van der Waals surface area contributed by atoms with Gasteiger partial charge in [0.25, 0.3) is 0 Å². The summed E-state index contributed by atoms with van der Waals surface area (Å²) in [6, 6.07) is 14.1. The van der Waals surface area contributed by atoms with E-state index in [2.05, 4.69) is 35.5 Å². The highest BCUT2D eigenvalue weighted by Gasteiger charge is 2.47. The quantitative estimate of drug-likeness (QED) is 0.674. The van der Waals surface area contributed by atoms with Crippen molar-refractivity contribution in [3.05, 3.63) is 63.6 Å². The monoisotopic (exact) mass is 460 g/mol. The van der Waals surface area contributed by atoms with Crippen LogP contribution in [0.2, 0.25) is 10.0 Å². The van der Waals surface area contributed by atoms with Crippen molar-refractivity contribution >= 4 is 29.1 Å². The Morgan fingerprint density at radius 3 is 2.81 bits per heavy atom. The first-order valence-electron chi connectivity index (χ1n) is 11.0. The first-order valence-corrected chi connectivity index (χ1v) is 11.7. The minimum absolute atomic E-state index is 0.0376. The van der Waals surface area contributed by atoms with E-state index in [1.165, 1.54) is 5.56 Å². The van der Waals surface area contributed by atoms with Gasteiger partial charge >= 0.3 is 0 Å². The Bertz CT molecular complexity index is 951. The number of ether oxygens (including phenoxy) is 1. The number of amides is 1. The Morgan fingerprint density at radius 1 is 1.19 bits per heavy atom. The van der Waals surface area contributed by atoms with Gasteiger partial charge in [-0.1, -0.05) is 41.4 Å². The van der Waals surface area contributed by atoms with Gasteiger partial charge in [0.15, 0.2) is 0 Å². The third-order valence-electron chi connectivity index (χ3n) is 7.09. The molecule has 2 aliphatic rings. The fraction of sp³-hybridized carbons (Fsp3) is 0.480. The zero-order valence-electron chi connectivity index (χ0n) is 18.2. The van der Waals surface area contributed by atoms with Gasteiger partial charge in [0, 0.05) is 18.0 Å². The summed E-state index contributed by atoms with van der Waals surface area (Å²) in [7, 11) is 3.93. The lowest BCUT2D eigenvalue weighted by Crippen LogP contribution is -2.55. The molecule has 1 aliphatic heterocycles. The Kier molecular flexibility index (Phi) is 6.80. The largest absolute Gasteiger partial charge is 0.497 e. The van der Waals surface area contributed by atoms with Crippen LogP contribution in [-0.4, -0.2) is 44.1 Å². The smallest absolute Gasteiger partial charge is 0.224 e. The number of halogens is 2. The summed E-state index contributed by atoms with van der Waals surface area (Å²) in [5.41, 5.74) is 2.29. The number of hydrogen-bond donors (Lipinski definition) is 1. The van der Waals surface area contributed by atoms with Crippen molar-refractivity contribution in [2.24, 2.45) is 5.92 Å². The topological polar surface area (TPSA) is 41.6 Å². The average molecular weight is 461 g/mol. The predicted octanol–water partition coefficient (Wildman–Crippen LogP) is 5.10. The van der Waals surface area contributed by atoms with Crippen molar-refractivity contribution < 1.29 is 9.53 Å². The highest BCUT2D eigenvalue weighted by atomic mass is 35.5. The van der Waals surface area contributed by atoms with E-state index < -0.39 is 0 Å². The van der Waals surface area contributed by atoms with Gasteiger partial charge in [-0.15, -0.1) is 0 Å². The van der Waals surface area contributed by atoms with Gasteiger partial charge in [-0.25, -0.2) is 0 Å². The van der Waals surface area contributed by atoms with Gasteiger partial charge in [-0.05, 0) is 80.6 Å². The van der Waals surface area contributed by atoms with Gasteiger partial charge < -0.3 is 15.0 Å². The molecule has 1 heterocycles. The number of carbonyl (C=O) groups is 1. The summed E-state index contributed by atoms with van der Waals surface area (Å²) < 4.78 is 5.52. The molecule has 6 heteroatoms. The highest BCUT2D eigenvalue weighted by molar-refractivity contribution is 6.42. The predicted molar refractivity (Wildman–Crippen MR) is 126 cm³/mol. The molecule has 2 aromatic carbocycles. The number of hydrogen-bond acceptors (Lipinski definition) is 3. The summed E-state index contributed by atoms with van der Waals surface area (Å²) >= 11 is 12.1. The molecule has 3 atom stereocenters. The minimum Gasteiger partial charge on any atom is -0.497 e. The van der Waals surface area contributed by atoms with Crippen molar-refractivity contribution in [1.29, 1.82) is 0 Å². The molecule has 166 valence electrons. The highest BCUT2D eigenvalue weighted by Crippen LogP contribution is 2.49. The van der Waals surface area contributed by atoms with E-state index in [1.807, 2.05) is 12.1 Å². The number of rotatable bonds is 5. The van der Waals surface area contributed by atoms with E-state index in [-0.39, 0.29) is 17.4 Å². The van der Waals surface area contributed by atoms with Gasteiger partial charge in [-0.3, -0.25) is 4.79 Å². The zero-order chi connectivity index (χ0) is 22.0. The van der Waals surface area contributed by atoms with Crippen LogP contribution in [-0.2, 0) is 16.6 Å².